The number of likely N-dealkylation sites (tertiary alicyclic amines) is 1. The molecule has 2 aromatic heterocycles. The van der Waals surface area contributed by atoms with Gasteiger partial charge in [0.15, 0.2) is 0 Å². The van der Waals surface area contributed by atoms with Gasteiger partial charge in [-0.05, 0) is 60.6 Å². The van der Waals surface area contributed by atoms with E-state index in [1.807, 2.05) is 43.0 Å². The highest BCUT2D eigenvalue weighted by atomic mass is 16.2. The summed E-state index contributed by atoms with van der Waals surface area (Å²) in [5.74, 6) is 0.991. The summed E-state index contributed by atoms with van der Waals surface area (Å²) >= 11 is 0. The second-order valence-corrected chi connectivity index (χ2v) is 7.74. The van der Waals surface area contributed by atoms with Crippen LogP contribution in [0.3, 0.4) is 0 Å². The maximum atomic E-state index is 12.7. The molecule has 0 radical (unpaired) electrons. The minimum atomic E-state index is 0.277. The summed E-state index contributed by atoms with van der Waals surface area (Å²) in [5, 5.41) is 2.35. The van der Waals surface area contributed by atoms with Crippen molar-refractivity contribution in [2.24, 2.45) is 5.92 Å². The number of benzene rings is 1. The van der Waals surface area contributed by atoms with E-state index in [9.17, 15) is 4.79 Å². The van der Waals surface area contributed by atoms with E-state index in [-0.39, 0.29) is 5.91 Å². The van der Waals surface area contributed by atoms with Crippen LogP contribution in [-0.4, -0.2) is 33.9 Å². The van der Waals surface area contributed by atoms with Crippen molar-refractivity contribution in [1.82, 2.24) is 14.9 Å². The SMILES string of the molecule is O=C(CCc1cncc2ccccc12)N1CCC(CCc2cccnc2)CC1. The lowest BCUT2D eigenvalue weighted by Gasteiger charge is -2.32. The van der Waals surface area contributed by atoms with E-state index < -0.39 is 0 Å². The van der Waals surface area contributed by atoms with Gasteiger partial charge in [0.25, 0.3) is 0 Å². The maximum Gasteiger partial charge on any atom is 0.222 e. The van der Waals surface area contributed by atoms with Gasteiger partial charge in [-0.25, -0.2) is 0 Å². The standard InChI is InChI=1S/C24H27N3O/c28-24(10-9-22-18-26-17-21-5-1-2-6-23(21)22)27-14-11-19(12-15-27)7-8-20-4-3-13-25-16-20/h1-6,13,16-19H,7-12,14-15H2. The fraction of sp³-hybridized carbons (Fsp3) is 0.375. The van der Waals surface area contributed by atoms with E-state index in [4.69, 9.17) is 0 Å². The summed E-state index contributed by atoms with van der Waals surface area (Å²) in [5.41, 5.74) is 2.47. The molecule has 4 heteroatoms. The van der Waals surface area contributed by atoms with Gasteiger partial charge in [0.05, 0.1) is 0 Å². The molecule has 1 saturated heterocycles. The predicted octanol–water partition coefficient (Wildman–Crippen LogP) is 4.43. The number of pyridine rings is 2. The summed E-state index contributed by atoms with van der Waals surface area (Å²) in [7, 11) is 0. The van der Waals surface area contributed by atoms with Crippen LogP contribution in [0.1, 0.15) is 36.8 Å². The Hall–Kier alpha value is -2.75. The molecule has 1 fully saturated rings. The smallest absolute Gasteiger partial charge is 0.222 e. The maximum absolute atomic E-state index is 12.7. The van der Waals surface area contributed by atoms with Gasteiger partial charge < -0.3 is 4.90 Å². The molecule has 1 amide bonds. The Labute approximate surface area is 166 Å². The van der Waals surface area contributed by atoms with E-state index in [0.717, 1.165) is 49.7 Å². The number of hydrogen-bond acceptors (Lipinski definition) is 3. The molecule has 0 atom stereocenters. The number of amides is 1. The first-order chi connectivity index (χ1) is 13.8. The quantitative estimate of drug-likeness (QED) is 0.642. The lowest BCUT2D eigenvalue weighted by atomic mass is 9.90. The van der Waals surface area contributed by atoms with Crippen molar-refractivity contribution in [3.8, 4) is 0 Å². The Kier molecular flexibility index (Phi) is 5.95. The molecule has 1 aliphatic rings. The summed E-state index contributed by atoms with van der Waals surface area (Å²) in [4.78, 5) is 23.3. The molecule has 3 aromatic rings. The van der Waals surface area contributed by atoms with Gasteiger partial charge in [-0.15, -0.1) is 0 Å². The number of piperidine rings is 1. The summed E-state index contributed by atoms with van der Waals surface area (Å²) in [6.45, 7) is 1.79. The number of rotatable bonds is 6. The second kappa shape index (κ2) is 8.96. The number of aryl methyl sites for hydroxylation is 2. The van der Waals surface area contributed by atoms with Gasteiger partial charge >= 0.3 is 0 Å². The Bertz CT molecular complexity index is 912. The first-order valence-corrected chi connectivity index (χ1v) is 10.3. The van der Waals surface area contributed by atoms with Crippen LogP contribution in [-0.2, 0) is 17.6 Å². The van der Waals surface area contributed by atoms with Gasteiger partial charge in [-0.3, -0.25) is 14.8 Å². The van der Waals surface area contributed by atoms with Crippen LogP contribution in [0, 0.1) is 5.92 Å². The van der Waals surface area contributed by atoms with Crippen LogP contribution >= 0.6 is 0 Å². The van der Waals surface area contributed by atoms with E-state index >= 15 is 0 Å². The van der Waals surface area contributed by atoms with Crippen molar-refractivity contribution >= 4 is 16.7 Å². The summed E-state index contributed by atoms with van der Waals surface area (Å²) in [6.07, 6.45) is 13.4. The van der Waals surface area contributed by atoms with Crippen molar-refractivity contribution in [2.45, 2.75) is 38.5 Å². The number of carbonyl (C=O) groups excluding carboxylic acids is 1. The van der Waals surface area contributed by atoms with Crippen molar-refractivity contribution in [3.63, 3.8) is 0 Å². The molecule has 0 bridgehead atoms. The second-order valence-electron chi connectivity index (χ2n) is 7.74. The third-order valence-electron chi connectivity index (χ3n) is 5.89. The first-order valence-electron chi connectivity index (χ1n) is 10.3. The molecule has 1 aliphatic heterocycles. The number of hydrogen-bond donors (Lipinski definition) is 0. The molecular formula is C24H27N3O. The zero-order valence-corrected chi connectivity index (χ0v) is 16.3. The van der Waals surface area contributed by atoms with Gasteiger partial charge in [0.2, 0.25) is 5.91 Å². The molecule has 0 unspecified atom stereocenters. The van der Waals surface area contributed by atoms with Crippen molar-refractivity contribution < 1.29 is 4.79 Å². The Morgan fingerprint density at radius 1 is 0.964 bits per heavy atom. The van der Waals surface area contributed by atoms with Crippen LogP contribution in [0.5, 0.6) is 0 Å². The van der Waals surface area contributed by atoms with Crippen LogP contribution < -0.4 is 0 Å². The highest BCUT2D eigenvalue weighted by molar-refractivity contribution is 5.85. The normalized spacial score (nSPS) is 15.1. The summed E-state index contributed by atoms with van der Waals surface area (Å²) < 4.78 is 0. The number of nitrogens with zero attached hydrogens (tertiary/aromatic N) is 3. The molecule has 4 rings (SSSR count). The highest BCUT2D eigenvalue weighted by Crippen LogP contribution is 2.24. The number of fused-ring (bicyclic) bond motifs is 1. The number of carbonyl (C=O) groups is 1. The largest absolute Gasteiger partial charge is 0.343 e. The van der Waals surface area contributed by atoms with Crippen molar-refractivity contribution in [3.05, 3.63) is 72.3 Å². The molecule has 3 heterocycles. The molecule has 4 nitrogen and oxygen atoms in total. The third kappa shape index (κ3) is 4.56. The fourth-order valence-corrected chi connectivity index (χ4v) is 4.17. The summed E-state index contributed by atoms with van der Waals surface area (Å²) in [6, 6.07) is 12.4. The van der Waals surface area contributed by atoms with Gasteiger partial charge in [-0.1, -0.05) is 30.3 Å². The zero-order chi connectivity index (χ0) is 19.2. The predicted molar refractivity (Wildman–Crippen MR) is 112 cm³/mol. The van der Waals surface area contributed by atoms with Gasteiger partial charge in [0.1, 0.15) is 0 Å². The number of aromatic nitrogens is 2. The fourth-order valence-electron chi connectivity index (χ4n) is 4.17. The van der Waals surface area contributed by atoms with E-state index in [2.05, 4.69) is 33.1 Å². The molecule has 0 aliphatic carbocycles. The topological polar surface area (TPSA) is 46.1 Å². The van der Waals surface area contributed by atoms with Gasteiger partial charge in [-0.2, -0.15) is 0 Å². The van der Waals surface area contributed by atoms with Gasteiger partial charge in [0, 0.05) is 49.7 Å². The van der Waals surface area contributed by atoms with Crippen LogP contribution in [0.15, 0.2) is 61.2 Å². The van der Waals surface area contributed by atoms with E-state index in [0.29, 0.717) is 12.3 Å². The third-order valence-corrected chi connectivity index (χ3v) is 5.89. The molecule has 0 spiro atoms. The average molecular weight is 374 g/mol. The Balaban J connectivity index is 1.25. The molecule has 0 N–H and O–H groups in total. The minimum absolute atomic E-state index is 0.277. The molecule has 1 aromatic carbocycles. The minimum Gasteiger partial charge on any atom is -0.343 e. The van der Waals surface area contributed by atoms with Crippen molar-refractivity contribution in [1.29, 1.82) is 0 Å². The zero-order valence-electron chi connectivity index (χ0n) is 16.3. The Morgan fingerprint density at radius 3 is 2.64 bits per heavy atom. The first kappa shape index (κ1) is 18.6. The molecule has 0 saturated carbocycles. The monoisotopic (exact) mass is 373 g/mol. The average Bonchev–Trinajstić information content (AvgIpc) is 2.77. The lowest BCUT2D eigenvalue weighted by molar-refractivity contribution is -0.132. The molecular weight excluding hydrogens is 346 g/mol. The molecule has 144 valence electrons. The van der Waals surface area contributed by atoms with E-state index in [1.165, 1.54) is 17.4 Å². The Morgan fingerprint density at radius 2 is 1.82 bits per heavy atom. The highest BCUT2D eigenvalue weighted by Gasteiger charge is 2.22. The lowest BCUT2D eigenvalue weighted by Crippen LogP contribution is -2.38. The van der Waals surface area contributed by atoms with E-state index in [1.54, 1.807) is 0 Å². The van der Waals surface area contributed by atoms with Crippen LogP contribution in [0.4, 0.5) is 0 Å². The molecule has 28 heavy (non-hydrogen) atoms. The van der Waals surface area contributed by atoms with Crippen molar-refractivity contribution in [2.75, 3.05) is 13.1 Å². The van der Waals surface area contributed by atoms with Crippen LogP contribution in [0.25, 0.3) is 10.8 Å². The van der Waals surface area contributed by atoms with Crippen LogP contribution in [0.2, 0.25) is 0 Å².